The van der Waals surface area contributed by atoms with Gasteiger partial charge >= 0.3 is 0 Å². The topological polar surface area (TPSA) is 38.8 Å². The van der Waals surface area contributed by atoms with Crippen molar-refractivity contribution in [2.45, 2.75) is 82.0 Å². The summed E-state index contributed by atoms with van der Waals surface area (Å²) in [7, 11) is 1.82. The average Bonchev–Trinajstić information content (AvgIpc) is 3.49. The highest BCUT2D eigenvalue weighted by Gasteiger charge is 2.83. The number of nitrogens with zero attached hydrogens (tertiary/aromatic N) is 1. The number of benzene rings is 1. The van der Waals surface area contributed by atoms with Crippen molar-refractivity contribution in [1.29, 1.82) is 0 Å². The minimum atomic E-state index is -0.528. The first-order chi connectivity index (χ1) is 14.4. The summed E-state index contributed by atoms with van der Waals surface area (Å²) in [6.45, 7) is 6.75. The van der Waals surface area contributed by atoms with Crippen molar-refractivity contribution < 1.29 is 14.3 Å². The van der Waals surface area contributed by atoms with E-state index in [4.69, 9.17) is 9.47 Å². The molecule has 2 aliphatic heterocycles. The van der Waals surface area contributed by atoms with E-state index in [0.717, 1.165) is 50.3 Å². The minimum absolute atomic E-state index is 0.00341. The van der Waals surface area contributed by atoms with Gasteiger partial charge in [0.2, 0.25) is 0 Å². The lowest BCUT2D eigenvalue weighted by atomic mass is 9.32. The van der Waals surface area contributed by atoms with Gasteiger partial charge in [-0.2, -0.15) is 0 Å². The highest BCUT2D eigenvalue weighted by Crippen LogP contribution is 2.78. The molecule has 4 heteroatoms. The van der Waals surface area contributed by atoms with Crippen LogP contribution >= 0.6 is 0 Å². The molecule has 8 rings (SSSR count). The molecular weight excluding hydrogens is 374 g/mol. The summed E-state index contributed by atoms with van der Waals surface area (Å²) in [5, 5.41) is 0. The first-order valence-electron chi connectivity index (χ1n) is 12.0. The van der Waals surface area contributed by atoms with Crippen LogP contribution in [0, 0.1) is 23.7 Å². The van der Waals surface area contributed by atoms with Gasteiger partial charge in [0.25, 0.3) is 0 Å². The van der Waals surface area contributed by atoms with Gasteiger partial charge in [0.15, 0.2) is 0 Å². The number of piperidine rings is 1. The zero-order chi connectivity index (χ0) is 20.5. The Morgan fingerprint density at radius 1 is 1.27 bits per heavy atom. The number of aldehydes is 1. The number of ether oxygens (including phenoxy) is 2. The summed E-state index contributed by atoms with van der Waals surface area (Å²) >= 11 is 0. The fraction of sp³-hybridized carbons (Fsp3) is 0.731. The van der Waals surface area contributed by atoms with Gasteiger partial charge in [0, 0.05) is 36.1 Å². The predicted octanol–water partition coefficient (Wildman–Crippen LogP) is 3.81. The molecule has 4 bridgehead atoms. The van der Waals surface area contributed by atoms with Gasteiger partial charge in [0.1, 0.15) is 23.7 Å². The monoisotopic (exact) mass is 407 g/mol. The van der Waals surface area contributed by atoms with Crippen molar-refractivity contribution in [3.8, 4) is 5.75 Å². The molecule has 0 amide bonds. The molecule has 1 aromatic rings. The normalized spacial score (nSPS) is 47.7. The highest BCUT2D eigenvalue weighted by molar-refractivity contribution is 5.68. The standard InChI is InChI=1S/C26H33NO3/c1-16-4-7-18-12-19-24-8-9-26(29-3,23(2,14-24)15-28)22-25(24,20(18)21(16)30-22)10-11-27(19)13-17-5-6-17/h4,7,15,17,19,22H,5-6,8-14H2,1-3H3/t19-,22-,23-,24?,25+,26+/m1/s1. The zero-order valence-corrected chi connectivity index (χ0v) is 18.5. The van der Waals surface area contributed by atoms with Crippen molar-refractivity contribution >= 4 is 6.29 Å². The van der Waals surface area contributed by atoms with Gasteiger partial charge in [-0.05, 0) is 82.4 Å². The third kappa shape index (κ3) is 1.69. The summed E-state index contributed by atoms with van der Waals surface area (Å²) in [6.07, 6.45) is 9.25. The lowest BCUT2D eigenvalue weighted by Gasteiger charge is -2.75. The molecule has 0 radical (unpaired) electrons. The largest absolute Gasteiger partial charge is 0.486 e. The minimum Gasteiger partial charge on any atom is -0.486 e. The van der Waals surface area contributed by atoms with Crippen LogP contribution in [0.2, 0.25) is 0 Å². The van der Waals surface area contributed by atoms with E-state index in [0.29, 0.717) is 6.04 Å². The van der Waals surface area contributed by atoms with Crippen LogP contribution in [-0.2, 0) is 21.4 Å². The lowest BCUT2D eigenvalue weighted by Crippen LogP contribution is -2.83. The van der Waals surface area contributed by atoms with Gasteiger partial charge in [-0.15, -0.1) is 0 Å². The fourth-order valence-electron chi connectivity index (χ4n) is 9.17. The van der Waals surface area contributed by atoms with E-state index in [1.807, 2.05) is 7.11 Å². The van der Waals surface area contributed by atoms with E-state index >= 15 is 0 Å². The summed E-state index contributed by atoms with van der Waals surface area (Å²) in [6, 6.07) is 5.15. The van der Waals surface area contributed by atoms with Gasteiger partial charge < -0.3 is 14.3 Å². The second-order valence-corrected chi connectivity index (χ2v) is 11.6. The Morgan fingerprint density at radius 3 is 2.83 bits per heavy atom. The van der Waals surface area contributed by atoms with Crippen molar-refractivity contribution in [2.75, 3.05) is 20.2 Å². The number of fused-ring (bicyclic) bond motifs is 2. The maximum absolute atomic E-state index is 12.7. The van der Waals surface area contributed by atoms with E-state index < -0.39 is 11.0 Å². The van der Waals surface area contributed by atoms with Gasteiger partial charge in [-0.1, -0.05) is 12.1 Å². The number of hydrogen-bond donors (Lipinski definition) is 0. The third-order valence-corrected chi connectivity index (χ3v) is 10.6. The number of carbonyl (C=O) groups excluding carboxylic acids is 1. The molecule has 7 aliphatic rings. The molecule has 30 heavy (non-hydrogen) atoms. The van der Waals surface area contributed by atoms with Crippen LogP contribution in [0.25, 0.3) is 0 Å². The molecule has 2 heterocycles. The van der Waals surface area contributed by atoms with Crippen LogP contribution in [0.4, 0.5) is 0 Å². The Balaban J connectivity index is 1.51. The molecule has 6 atom stereocenters. The molecule has 5 aliphatic carbocycles. The van der Waals surface area contributed by atoms with Crippen LogP contribution in [0.5, 0.6) is 5.75 Å². The Kier molecular flexibility index (Phi) is 3.23. The van der Waals surface area contributed by atoms with E-state index in [1.165, 1.54) is 42.4 Å². The van der Waals surface area contributed by atoms with Crippen LogP contribution in [0.1, 0.15) is 62.1 Å². The van der Waals surface area contributed by atoms with Gasteiger partial charge in [-0.25, -0.2) is 0 Å². The molecule has 1 unspecified atom stereocenters. The van der Waals surface area contributed by atoms with Crippen molar-refractivity contribution in [2.24, 2.45) is 16.7 Å². The molecule has 5 fully saturated rings. The summed E-state index contributed by atoms with van der Waals surface area (Å²) < 4.78 is 13.3. The third-order valence-electron chi connectivity index (χ3n) is 10.6. The number of aryl methyl sites for hydroxylation is 1. The number of methoxy groups -OCH3 is 1. The quantitative estimate of drug-likeness (QED) is 0.712. The number of likely N-dealkylation sites (tertiary alicyclic amines) is 1. The Labute approximate surface area is 179 Å². The summed E-state index contributed by atoms with van der Waals surface area (Å²) in [5.74, 6) is 2.01. The SMILES string of the molecule is CO[C@]12CCC3(C[C@]1(C)C=O)[C@H]1Cc4ccc(C)c5c4[C@@]3(CCN1CC1CC1)[C@H]2O5. The molecule has 0 aromatic heterocycles. The zero-order valence-electron chi connectivity index (χ0n) is 18.5. The second kappa shape index (κ2) is 5.32. The van der Waals surface area contributed by atoms with Crippen LogP contribution in [0.3, 0.4) is 0 Å². The van der Waals surface area contributed by atoms with E-state index in [1.54, 1.807) is 0 Å². The Hall–Kier alpha value is -1.39. The first kappa shape index (κ1) is 18.2. The molecule has 0 N–H and O–H groups in total. The molecule has 2 spiro atoms. The summed E-state index contributed by atoms with van der Waals surface area (Å²) in [4.78, 5) is 15.5. The van der Waals surface area contributed by atoms with E-state index in [-0.39, 0.29) is 16.9 Å². The van der Waals surface area contributed by atoms with Crippen LogP contribution < -0.4 is 4.74 Å². The lowest BCUT2D eigenvalue weighted by molar-refractivity contribution is -0.294. The molecule has 4 saturated carbocycles. The Morgan fingerprint density at radius 2 is 2.10 bits per heavy atom. The smallest absolute Gasteiger partial charge is 0.139 e. The molecule has 1 saturated heterocycles. The van der Waals surface area contributed by atoms with Crippen LogP contribution in [0.15, 0.2) is 12.1 Å². The Bertz CT molecular complexity index is 971. The van der Waals surface area contributed by atoms with Crippen molar-refractivity contribution in [3.05, 3.63) is 28.8 Å². The van der Waals surface area contributed by atoms with E-state index in [9.17, 15) is 4.79 Å². The average molecular weight is 408 g/mol. The van der Waals surface area contributed by atoms with Crippen molar-refractivity contribution in [1.82, 2.24) is 4.90 Å². The van der Waals surface area contributed by atoms with Crippen LogP contribution in [-0.4, -0.2) is 49.1 Å². The van der Waals surface area contributed by atoms with E-state index in [2.05, 4.69) is 30.9 Å². The maximum Gasteiger partial charge on any atom is 0.139 e. The van der Waals surface area contributed by atoms with Gasteiger partial charge in [-0.3, -0.25) is 4.90 Å². The maximum atomic E-state index is 12.7. The number of rotatable bonds is 4. The molecule has 1 aromatic carbocycles. The molecule has 160 valence electrons. The molecule has 4 nitrogen and oxygen atoms in total. The number of carbonyl (C=O) groups is 1. The first-order valence-corrected chi connectivity index (χ1v) is 12.0. The van der Waals surface area contributed by atoms with Gasteiger partial charge in [0.05, 0.1) is 5.41 Å². The molecular formula is C26H33NO3. The highest BCUT2D eigenvalue weighted by atomic mass is 16.6. The number of hydrogen-bond acceptors (Lipinski definition) is 4. The predicted molar refractivity (Wildman–Crippen MR) is 114 cm³/mol. The fourth-order valence-corrected chi connectivity index (χ4v) is 9.17. The van der Waals surface area contributed by atoms with Crippen molar-refractivity contribution in [3.63, 3.8) is 0 Å². The second-order valence-electron chi connectivity index (χ2n) is 11.6. The summed E-state index contributed by atoms with van der Waals surface area (Å²) in [5.41, 5.74) is 3.34.